The molecular formula is C13H22N2O3S. The van der Waals surface area contributed by atoms with E-state index in [2.05, 4.69) is 5.32 Å². The Morgan fingerprint density at radius 1 is 1.26 bits per heavy atom. The number of anilines is 1. The van der Waals surface area contributed by atoms with Gasteiger partial charge in [0.05, 0.1) is 10.5 Å². The zero-order chi connectivity index (χ0) is 14.7. The van der Waals surface area contributed by atoms with Gasteiger partial charge in [0.25, 0.3) is 0 Å². The molecule has 1 atom stereocenters. The monoisotopic (exact) mass is 286 g/mol. The summed E-state index contributed by atoms with van der Waals surface area (Å²) in [7, 11) is 0.634. The Kier molecular flexibility index (Phi) is 4.95. The predicted molar refractivity (Wildman–Crippen MR) is 77.2 cm³/mol. The van der Waals surface area contributed by atoms with Crippen molar-refractivity contribution in [2.75, 3.05) is 38.8 Å². The molecule has 0 aliphatic heterocycles. The molecule has 1 rings (SSSR count). The minimum absolute atomic E-state index is 0.290. The second kappa shape index (κ2) is 5.90. The van der Waals surface area contributed by atoms with Crippen molar-refractivity contribution in [1.82, 2.24) is 4.90 Å². The first-order valence-corrected chi connectivity index (χ1v) is 7.90. The lowest BCUT2D eigenvalue weighted by atomic mass is 10.1. The number of hydrogen-bond acceptors (Lipinski definition) is 5. The van der Waals surface area contributed by atoms with Crippen molar-refractivity contribution in [3.8, 4) is 0 Å². The number of hydrogen-bond donors (Lipinski definition) is 2. The molecular weight excluding hydrogens is 264 g/mol. The predicted octanol–water partition coefficient (Wildman–Crippen LogP) is 0.815. The van der Waals surface area contributed by atoms with Crippen molar-refractivity contribution < 1.29 is 13.5 Å². The molecule has 0 fully saturated rings. The number of nitrogens with one attached hydrogen (secondary N) is 1. The van der Waals surface area contributed by atoms with Gasteiger partial charge in [-0.2, -0.15) is 0 Å². The topological polar surface area (TPSA) is 69.6 Å². The molecule has 1 aromatic rings. The number of rotatable bonds is 6. The summed E-state index contributed by atoms with van der Waals surface area (Å²) in [6.45, 7) is 2.69. The van der Waals surface area contributed by atoms with Gasteiger partial charge in [-0.05, 0) is 45.3 Å². The Bertz CT molecular complexity index is 507. The zero-order valence-electron chi connectivity index (χ0n) is 11.8. The van der Waals surface area contributed by atoms with Crippen LogP contribution in [0, 0.1) is 0 Å². The van der Waals surface area contributed by atoms with E-state index in [0.717, 1.165) is 5.69 Å². The fourth-order valence-corrected chi connectivity index (χ4v) is 2.48. The van der Waals surface area contributed by atoms with Crippen LogP contribution in [0.2, 0.25) is 0 Å². The van der Waals surface area contributed by atoms with Crippen LogP contribution < -0.4 is 5.32 Å². The summed E-state index contributed by atoms with van der Waals surface area (Å²) >= 11 is 0. The summed E-state index contributed by atoms with van der Waals surface area (Å²) in [5, 5.41) is 13.2. The van der Waals surface area contributed by atoms with Crippen molar-refractivity contribution in [1.29, 1.82) is 0 Å². The SMILES string of the molecule is CN(C)CC(C)(O)CNc1ccc(S(C)(=O)=O)cc1. The number of likely N-dealkylation sites (N-methyl/N-ethyl adjacent to an activating group) is 1. The molecule has 0 aliphatic carbocycles. The molecule has 0 amide bonds. The fraction of sp³-hybridized carbons (Fsp3) is 0.538. The van der Waals surface area contributed by atoms with Gasteiger partial charge in [0, 0.05) is 25.0 Å². The summed E-state index contributed by atoms with van der Waals surface area (Å²) in [5.41, 5.74) is -0.0645. The molecule has 6 heteroatoms. The Morgan fingerprint density at radius 3 is 2.21 bits per heavy atom. The van der Waals surface area contributed by atoms with Gasteiger partial charge in [-0.15, -0.1) is 0 Å². The third-order valence-electron chi connectivity index (χ3n) is 2.61. The van der Waals surface area contributed by atoms with Crippen LogP contribution >= 0.6 is 0 Å². The van der Waals surface area contributed by atoms with E-state index < -0.39 is 15.4 Å². The van der Waals surface area contributed by atoms with Crippen molar-refractivity contribution >= 4 is 15.5 Å². The highest BCUT2D eigenvalue weighted by Crippen LogP contribution is 2.15. The molecule has 1 aromatic carbocycles. The van der Waals surface area contributed by atoms with Gasteiger partial charge in [-0.1, -0.05) is 0 Å². The van der Waals surface area contributed by atoms with Crippen LogP contribution in [0.15, 0.2) is 29.2 Å². The second-order valence-corrected chi connectivity index (χ2v) is 7.40. The van der Waals surface area contributed by atoms with E-state index in [1.54, 1.807) is 31.2 Å². The Labute approximate surface area is 115 Å². The van der Waals surface area contributed by atoms with Crippen LogP contribution in [-0.2, 0) is 9.84 Å². The Morgan fingerprint density at radius 2 is 1.79 bits per heavy atom. The first-order chi connectivity index (χ1) is 8.60. The summed E-state index contributed by atoms with van der Waals surface area (Å²) in [4.78, 5) is 2.20. The van der Waals surface area contributed by atoms with E-state index in [-0.39, 0.29) is 4.90 Å². The number of aliphatic hydroxyl groups is 1. The van der Waals surface area contributed by atoms with Crippen molar-refractivity contribution in [3.05, 3.63) is 24.3 Å². The largest absolute Gasteiger partial charge is 0.387 e. The quantitative estimate of drug-likeness (QED) is 0.810. The van der Waals surface area contributed by atoms with Gasteiger partial charge in [0.2, 0.25) is 0 Å². The molecule has 19 heavy (non-hydrogen) atoms. The molecule has 0 aliphatic rings. The van der Waals surface area contributed by atoms with Gasteiger partial charge in [-0.3, -0.25) is 0 Å². The second-order valence-electron chi connectivity index (χ2n) is 5.38. The molecule has 0 saturated heterocycles. The Balaban J connectivity index is 2.64. The van der Waals surface area contributed by atoms with Crippen LogP contribution in [0.1, 0.15) is 6.92 Å². The molecule has 2 N–H and O–H groups in total. The summed E-state index contributed by atoms with van der Waals surface area (Å²) in [5.74, 6) is 0. The molecule has 0 radical (unpaired) electrons. The molecule has 0 spiro atoms. The van der Waals surface area contributed by atoms with Crippen LogP contribution in [0.3, 0.4) is 0 Å². The van der Waals surface area contributed by atoms with Crippen molar-refractivity contribution in [2.24, 2.45) is 0 Å². The normalized spacial score (nSPS) is 15.3. The van der Waals surface area contributed by atoms with Crippen LogP contribution in [0.4, 0.5) is 5.69 Å². The van der Waals surface area contributed by atoms with E-state index in [4.69, 9.17) is 0 Å². The minimum atomic E-state index is -3.16. The molecule has 108 valence electrons. The number of nitrogens with zero attached hydrogens (tertiary/aromatic N) is 1. The van der Waals surface area contributed by atoms with Gasteiger partial charge in [0.1, 0.15) is 0 Å². The van der Waals surface area contributed by atoms with Gasteiger partial charge < -0.3 is 15.3 Å². The molecule has 0 aromatic heterocycles. The third-order valence-corrected chi connectivity index (χ3v) is 3.74. The first-order valence-electron chi connectivity index (χ1n) is 6.01. The van der Waals surface area contributed by atoms with Crippen molar-refractivity contribution in [2.45, 2.75) is 17.4 Å². The smallest absolute Gasteiger partial charge is 0.175 e. The molecule has 0 heterocycles. The zero-order valence-corrected chi connectivity index (χ0v) is 12.7. The molecule has 0 saturated carbocycles. The number of sulfone groups is 1. The van der Waals surface area contributed by atoms with Crippen LogP contribution in [-0.4, -0.2) is 57.5 Å². The molecule has 0 bridgehead atoms. The fourth-order valence-electron chi connectivity index (χ4n) is 1.85. The summed E-state index contributed by atoms with van der Waals surface area (Å²) in [6, 6.07) is 6.50. The van der Waals surface area contributed by atoms with Crippen molar-refractivity contribution in [3.63, 3.8) is 0 Å². The lowest BCUT2D eigenvalue weighted by Gasteiger charge is -2.27. The molecule has 1 unspecified atom stereocenters. The standard InChI is InChI=1S/C13H22N2O3S/c1-13(16,10-15(2)3)9-14-11-5-7-12(8-6-11)19(4,17)18/h5-8,14,16H,9-10H2,1-4H3. The lowest BCUT2D eigenvalue weighted by molar-refractivity contribution is 0.0460. The van der Waals surface area contributed by atoms with E-state index in [9.17, 15) is 13.5 Å². The maximum Gasteiger partial charge on any atom is 0.175 e. The highest BCUT2D eigenvalue weighted by atomic mass is 32.2. The van der Waals surface area contributed by atoms with Gasteiger partial charge in [-0.25, -0.2) is 8.42 Å². The minimum Gasteiger partial charge on any atom is -0.387 e. The van der Waals surface area contributed by atoms with Crippen LogP contribution in [0.25, 0.3) is 0 Å². The maximum atomic E-state index is 11.3. The van der Waals surface area contributed by atoms with E-state index in [1.165, 1.54) is 6.26 Å². The average Bonchev–Trinajstić information content (AvgIpc) is 2.24. The van der Waals surface area contributed by atoms with E-state index in [1.807, 2.05) is 19.0 Å². The maximum absolute atomic E-state index is 11.3. The summed E-state index contributed by atoms with van der Waals surface area (Å²) < 4.78 is 22.6. The first kappa shape index (κ1) is 15.9. The van der Waals surface area contributed by atoms with E-state index in [0.29, 0.717) is 13.1 Å². The van der Waals surface area contributed by atoms with Gasteiger partial charge >= 0.3 is 0 Å². The average molecular weight is 286 g/mol. The highest BCUT2D eigenvalue weighted by Gasteiger charge is 2.20. The molecule has 5 nitrogen and oxygen atoms in total. The summed E-state index contributed by atoms with van der Waals surface area (Å²) in [6.07, 6.45) is 1.18. The Hall–Kier alpha value is -1.11. The van der Waals surface area contributed by atoms with Gasteiger partial charge in [0.15, 0.2) is 9.84 Å². The highest BCUT2D eigenvalue weighted by molar-refractivity contribution is 7.90. The lowest BCUT2D eigenvalue weighted by Crippen LogP contribution is -2.43. The van der Waals surface area contributed by atoms with Crippen LogP contribution in [0.5, 0.6) is 0 Å². The number of benzene rings is 1. The van der Waals surface area contributed by atoms with E-state index >= 15 is 0 Å². The third kappa shape index (κ3) is 5.59.